The molecule has 42 heavy (non-hydrogen) atoms. The van der Waals surface area contributed by atoms with Crippen molar-refractivity contribution in [2.24, 2.45) is 16.5 Å². The van der Waals surface area contributed by atoms with E-state index in [1.54, 1.807) is 0 Å². The highest BCUT2D eigenvalue weighted by molar-refractivity contribution is 5.96. The molecule has 2 unspecified atom stereocenters. The molecule has 18 heteroatoms. The summed E-state index contributed by atoms with van der Waals surface area (Å²) in [5.41, 5.74) is 13.0. The maximum Gasteiger partial charge on any atom is 0.490 e. The van der Waals surface area contributed by atoms with Crippen LogP contribution in [0.2, 0.25) is 0 Å². The van der Waals surface area contributed by atoms with Gasteiger partial charge in [0.05, 0.1) is 24.1 Å². The molecule has 1 aliphatic carbocycles. The van der Waals surface area contributed by atoms with Crippen LogP contribution in [0.1, 0.15) is 41.9 Å². The van der Waals surface area contributed by atoms with E-state index >= 15 is 0 Å². The van der Waals surface area contributed by atoms with Crippen molar-refractivity contribution in [3.8, 4) is 12.3 Å². The predicted octanol–water partition coefficient (Wildman–Crippen LogP) is 2.56. The molecule has 0 spiro atoms. The number of nitrogens with two attached hydrogens (primary N) is 2. The van der Waals surface area contributed by atoms with Crippen molar-refractivity contribution >= 4 is 40.5 Å². The second kappa shape index (κ2) is 15.3. The fourth-order valence-corrected chi connectivity index (χ4v) is 3.47. The third-order valence-electron chi connectivity index (χ3n) is 5.26. The molecule has 0 bridgehead atoms. The largest absolute Gasteiger partial charge is 0.490 e. The Bertz CT molecular complexity index is 1310. The molecule has 1 aromatic carbocycles. The molecule has 2 aromatic rings. The van der Waals surface area contributed by atoms with Crippen LogP contribution < -0.4 is 22.1 Å². The number of guanidine groups is 1. The summed E-state index contributed by atoms with van der Waals surface area (Å²) >= 11 is 0. The quantitative estimate of drug-likeness (QED) is 0.127. The van der Waals surface area contributed by atoms with Gasteiger partial charge >= 0.3 is 24.3 Å². The number of amides is 1. The van der Waals surface area contributed by atoms with E-state index in [-0.39, 0.29) is 30.4 Å². The van der Waals surface area contributed by atoms with Crippen LogP contribution in [0.3, 0.4) is 0 Å². The number of rotatable bonds is 5. The molecule has 0 radical (unpaired) electrons. The maximum absolute atomic E-state index is 12.4. The number of nitrogens with zero attached hydrogens (tertiary/aromatic N) is 3. The van der Waals surface area contributed by atoms with Crippen molar-refractivity contribution in [3.05, 3.63) is 29.6 Å². The molecule has 1 amide bonds. The molecule has 8 N–H and O–H groups in total. The van der Waals surface area contributed by atoms with Crippen molar-refractivity contribution in [2.75, 3.05) is 11.9 Å². The maximum atomic E-state index is 12.4. The highest BCUT2D eigenvalue weighted by Crippen LogP contribution is 2.28. The summed E-state index contributed by atoms with van der Waals surface area (Å²) in [5.74, 6) is -2.80. The average Bonchev–Trinajstić information content (AvgIpc) is 2.87. The number of anilines is 1. The number of carbonyl (C=O) groups excluding carboxylic acids is 1. The number of halogens is 6. The molecule has 1 heterocycles. The lowest BCUT2D eigenvalue weighted by molar-refractivity contribution is -0.193. The molecule has 12 nitrogen and oxygen atoms in total. The van der Waals surface area contributed by atoms with Crippen molar-refractivity contribution in [1.29, 1.82) is 0 Å². The second-order valence-electron chi connectivity index (χ2n) is 8.57. The Kier molecular flexibility index (Phi) is 12.8. The number of aryl methyl sites for hydroxylation is 1. The zero-order chi connectivity index (χ0) is 32.3. The van der Waals surface area contributed by atoms with Crippen LogP contribution in [0.5, 0.6) is 0 Å². The number of carbonyl (C=O) groups is 3. The van der Waals surface area contributed by atoms with Gasteiger partial charge in [0.2, 0.25) is 5.82 Å². The van der Waals surface area contributed by atoms with Gasteiger partial charge in [-0.25, -0.2) is 24.5 Å². The van der Waals surface area contributed by atoms with Crippen molar-refractivity contribution < 1.29 is 50.9 Å². The predicted molar refractivity (Wildman–Crippen MR) is 138 cm³/mol. The van der Waals surface area contributed by atoms with Gasteiger partial charge in [0.1, 0.15) is 5.82 Å². The molecule has 1 aliphatic rings. The Labute approximate surface area is 234 Å². The highest BCUT2D eigenvalue weighted by atomic mass is 19.4. The third kappa shape index (κ3) is 11.7. The smallest absolute Gasteiger partial charge is 0.475 e. The van der Waals surface area contributed by atoms with E-state index in [0.29, 0.717) is 11.3 Å². The fourth-order valence-electron chi connectivity index (χ4n) is 3.47. The first kappa shape index (κ1) is 35.2. The summed E-state index contributed by atoms with van der Waals surface area (Å²) in [7, 11) is 0. The number of carboxylic acid groups (broad SMARTS) is 2. The highest BCUT2D eigenvalue weighted by Gasteiger charge is 2.38. The van der Waals surface area contributed by atoms with Gasteiger partial charge < -0.3 is 32.3 Å². The molecule has 0 aliphatic heterocycles. The summed E-state index contributed by atoms with van der Waals surface area (Å²) < 4.78 is 63.5. The normalized spacial score (nSPS) is 16.3. The molecule has 1 fully saturated rings. The summed E-state index contributed by atoms with van der Waals surface area (Å²) in [6, 6.07) is 5.82. The number of terminal acetylenes is 1. The Morgan fingerprint density at radius 2 is 1.60 bits per heavy atom. The number of hydrogen-bond donors (Lipinski definition) is 6. The summed E-state index contributed by atoms with van der Waals surface area (Å²) in [4.78, 5) is 43.4. The fraction of sp³-hybridized carbons (Fsp3) is 0.417. The number of hydrogen-bond acceptors (Lipinski definition) is 7. The van der Waals surface area contributed by atoms with Crippen molar-refractivity contribution in [3.63, 3.8) is 0 Å². The van der Waals surface area contributed by atoms with Crippen LogP contribution in [0.15, 0.2) is 23.2 Å². The third-order valence-corrected chi connectivity index (χ3v) is 5.26. The van der Waals surface area contributed by atoms with Gasteiger partial charge in [-0.3, -0.25) is 4.79 Å². The number of aromatic nitrogens is 2. The number of fused-ring (bicyclic) bond motifs is 1. The van der Waals surface area contributed by atoms with E-state index in [1.165, 1.54) is 0 Å². The van der Waals surface area contributed by atoms with Gasteiger partial charge in [0.15, 0.2) is 5.96 Å². The monoisotopic (exact) mass is 607 g/mol. The summed E-state index contributed by atoms with van der Waals surface area (Å²) in [6.07, 6.45) is -0.989. The Morgan fingerprint density at radius 1 is 1.05 bits per heavy atom. The first-order valence-corrected chi connectivity index (χ1v) is 11.8. The van der Waals surface area contributed by atoms with Crippen LogP contribution in [0.4, 0.5) is 32.2 Å². The van der Waals surface area contributed by atoms with Gasteiger partial charge in [-0.15, -0.1) is 6.42 Å². The summed E-state index contributed by atoms with van der Waals surface area (Å²) in [6.45, 7) is 2.12. The Hall–Kier alpha value is -4.82. The first-order chi connectivity index (χ1) is 19.4. The zero-order valence-electron chi connectivity index (χ0n) is 21.9. The summed E-state index contributed by atoms with van der Waals surface area (Å²) in [5, 5.41) is 21.2. The SMILES string of the molecule is C#CCNC(=O)c1nc(NC2CCCCC2N=C(N)N)c2cc(C)ccc2n1.O=C(O)C(F)(F)F.O=C(O)C(F)(F)F. The van der Waals surface area contributed by atoms with Crippen LogP contribution in [0, 0.1) is 19.3 Å². The minimum atomic E-state index is -5.08. The molecule has 230 valence electrons. The van der Waals surface area contributed by atoms with Crippen LogP contribution >= 0.6 is 0 Å². The van der Waals surface area contributed by atoms with E-state index < -0.39 is 30.2 Å². The van der Waals surface area contributed by atoms with E-state index in [1.807, 2.05) is 25.1 Å². The molecule has 3 rings (SSSR count). The van der Waals surface area contributed by atoms with Crippen LogP contribution in [0.25, 0.3) is 10.9 Å². The van der Waals surface area contributed by atoms with E-state index in [0.717, 1.165) is 36.6 Å². The molecule has 1 saturated carbocycles. The minimum Gasteiger partial charge on any atom is -0.475 e. The van der Waals surface area contributed by atoms with Crippen LogP contribution in [-0.2, 0) is 9.59 Å². The van der Waals surface area contributed by atoms with Gasteiger partial charge in [0.25, 0.3) is 5.91 Å². The van der Waals surface area contributed by atoms with Gasteiger partial charge in [-0.2, -0.15) is 26.3 Å². The molecular formula is C24H27F6N7O5. The molecule has 2 atom stereocenters. The number of alkyl halides is 6. The van der Waals surface area contributed by atoms with Gasteiger partial charge in [0, 0.05) is 5.39 Å². The number of aliphatic carboxylic acids is 2. The molecule has 0 saturated heterocycles. The average molecular weight is 608 g/mol. The lowest BCUT2D eigenvalue weighted by atomic mass is 9.90. The van der Waals surface area contributed by atoms with Crippen molar-refractivity contribution in [1.82, 2.24) is 15.3 Å². The van der Waals surface area contributed by atoms with Crippen LogP contribution in [-0.4, -0.2) is 75.0 Å². The zero-order valence-corrected chi connectivity index (χ0v) is 21.9. The minimum absolute atomic E-state index is 0.0241. The standard InChI is InChI=1S/C20H25N7O.2C2HF3O2/c1-3-10-23-19(28)18-24-14-9-8-12(2)11-13(14)17(27-18)25-15-6-4-5-7-16(15)26-20(21)22;2*3-2(4,5)1(6)7/h1,8-9,11,15-16H,4-7,10H2,2H3,(H,23,28)(H4,21,22,26)(H,24,25,27);2*(H,6,7). The Balaban J connectivity index is 0.000000522. The van der Waals surface area contributed by atoms with Crippen molar-refractivity contribution in [2.45, 2.75) is 57.0 Å². The van der Waals surface area contributed by atoms with E-state index in [2.05, 4.69) is 31.5 Å². The topological polar surface area (TPSA) is 206 Å². The first-order valence-electron chi connectivity index (χ1n) is 11.8. The number of nitrogens with one attached hydrogen (secondary N) is 2. The lowest BCUT2D eigenvalue weighted by Gasteiger charge is -2.30. The molecule has 1 aromatic heterocycles. The number of aliphatic imine (C=N–C) groups is 1. The Morgan fingerprint density at radius 3 is 2.10 bits per heavy atom. The van der Waals surface area contributed by atoms with Gasteiger partial charge in [-0.05, 0) is 31.9 Å². The van der Waals surface area contributed by atoms with Gasteiger partial charge in [-0.1, -0.05) is 30.4 Å². The second-order valence-corrected chi connectivity index (χ2v) is 8.57. The van der Waals surface area contributed by atoms with E-state index in [9.17, 15) is 31.1 Å². The lowest BCUT2D eigenvalue weighted by Crippen LogP contribution is -2.38. The number of benzene rings is 1. The number of carboxylic acids is 2. The molecular weight excluding hydrogens is 580 g/mol. The van der Waals surface area contributed by atoms with E-state index in [4.69, 9.17) is 37.7 Å².